The minimum absolute atomic E-state index is 0.651. The molecule has 0 atom stereocenters. The van der Waals surface area contributed by atoms with Crippen molar-refractivity contribution in [3.8, 4) is 33.6 Å². The Morgan fingerprint density at radius 1 is 0.348 bits per heavy atom. The zero-order chi connectivity index (χ0) is 30.6. The Morgan fingerprint density at radius 3 is 1.43 bits per heavy atom. The summed E-state index contributed by atoms with van der Waals surface area (Å²) in [6, 6.07) is 58.2. The molecule has 0 bridgehead atoms. The van der Waals surface area contributed by atoms with Crippen LogP contribution in [0.15, 0.2) is 164 Å². The Labute approximate surface area is 266 Å². The highest BCUT2D eigenvalue weighted by Crippen LogP contribution is 2.39. The largest absolute Gasteiger partial charge is 0.309 e. The van der Waals surface area contributed by atoms with E-state index in [4.69, 9.17) is 6.57 Å². The number of rotatable bonds is 4. The van der Waals surface area contributed by atoms with Crippen LogP contribution in [0.3, 0.4) is 0 Å². The molecule has 0 amide bonds. The van der Waals surface area contributed by atoms with Gasteiger partial charge in [-0.1, -0.05) is 103 Å². The second kappa shape index (κ2) is 10.4. The second-order valence-corrected chi connectivity index (χ2v) is 11.7. The first-order valence-corrected chi connectivity index (χ1v) is 15.5. The van der Waals surface area contributed by atoms with Gasteiger partial charge in [-0.2, -0.15) is 0 Å². The smallest absolute Gasteiger partial charge is 0.187 e. The van der Waals surface area contributed by atoms with Gasteiger partial charge < -0.3 is 9.13 Å². The van der Waals surface area contributed by atoms with Crippen molar-refractivity contribution >= 4 is 49.3 Å². The fourth-order valence-corrected chi connectivity index (χ4v) is 6.97. The Morgan fingerprint density at radius 2 is 0.804 bits per heavy atom. The molecular weight excluding hydrogens is 558 g/mol. The van der Waals surface area contributed by atoms with Gasteiger partial charge in [-0.05, 0) is 82.9 Å². The molecule has 0 aliphatic rings. The van der Waals surface area contributed by atoms with E-state index in [0.717, 1.165) is 22.5 Å². The lowest BCUT2D eigenvalue weighted by Crippen LogP contribution is -1.93. The van der Waals surface area contributed by atoms with Crippen LogP contribution in [0.2, 0.25) is 0 Å². The van der Waals surface area contributed by atoms with E-state index in [0.29, 0.717) is 5.69 Å². The molecule has 7 aromatic carbocycles. The third kappa shape index (κ3) is 4.05. The fraction of sp³-hybridized carbons (Fsp3) is 0. The molecule has 9 rings (SSSR count). The molecule has 0 aliphatic carbocycles. The molecule has 0 spiro atoms. The van der Waals surface area contributed by atoms with Gasteiger partial charge in [0.2, 0.25) is 0 Å². The minimum Gasteiger partial charge on any atom is -0.309 e. The predicted octanol–water partition coefficient (Wildman–Crippen LogP) is 11.8. The normalized spacial score (nSPS) is 11.5. The van der Waals surface area contributed by atoms with Crippen LogP contribution in [0.1, 0.15) is 0 Å². The van der Waals surface area contributed by atoms with E-state index in [1.807, 2.05) is 24.3 Å². The summed E-state index contributed by atoms with van der Waals surface area (Å²) < 4.78 is 4.73. The number of hydrogen-bond donors (Lipinski definition) is 0. The van der Waals surface area contributed by atoms with E-state index < -0.39 is 0 Å². The van der Waals surface area contributed by atoms with Crippen LogP contribution in [-0.4, -0.2) is 9.13 Å². The molecule has 0 aliphatic heterocycles. The number of fused-ring (bicyclic) bond motifs is 6. The molecule has 2 heterocycles. The van der Waals surface area contributed by atoms with E-state index in [1.165, 1.54) is 54.7 Å². The highest BCUT2D eigenvalue weighted by atomic mass is 15.0. The van der Waals surface area contributed by atoms with Crippen LogP contribution < -0.4 is 0 Å². The van der Waals surface area contributed by atoms with Gasteiger partial charge in [0.25, 0.3) is 0 Å². The number of hydrogen-bond acceptors (Lipinski definition) is 0. The molecule has 0 unspecified atom stereocenters. The van der Waals surface area contributed by atoms with Crippen molar-refractivity contribution in [2.24, 2.45) is 0 Å². The van der Waals surface area contributed by atoms with Crippen molar-refractivity contribution < 1.29 is 0 Å². The van der Waals surface area contributed by atoms with E-state index in [2.05, 4.69) is 154 Å². The fourth-order valence-electron chi connectivity index (χ4n) is 6.97. The second-order valence-electron chi connectivity index (χ2n) is 11.7. The van der Waals surface area contributed by atoms with Gasteiger partial charge in [-0.15, -0.1) is 0 Å². The maximum Gasteiger partial charge on any atom is 0.187 e. The Kier molecular flexibility index (Phi) is 5.88. The van der Waals surface area contributed by atoms with Crippen LogP contribution in [0.4, 0.5) is 5.69 Å². The Hall–Kier alpha value is -6.37. The van der Waals surface area contributed by atoms with Crippen LogP contribution >= 0.6 is 0 Å². The molecule has 3 heteroatoms. The SMILES string of the molecule is [C-]#[N+]c1ccc(-c2ccc3c(c2)c2cc(-c4ccc5c6ccccc6n(-c6ccccc6)c5c4)ccc2n3-c2ccccc2)cc1. The Balaban J connectivity index is 1.28. The molecule has 0 fully saturated rings. The van der Waals surface area contributed by atoms with Crippen molar-refractivity contribution in [3.05, 3.63) is 175 Å². The van der Waals surface area contributed by atoms with E-state index in [1.54, 1.807) is 0 Å². The molecule has 0 saturated carbocycles. The number of para-hydroxylation sites is 3. The molecule has 214 valence electrons. The van der Waals surface area contributed by atoms with Gasteiger partial charge in [-0.3, -0.25) is 0 Å². The molecular formula is C43H27N3. The lowest BCUT2D eigenvalue weighted by atomic mass is 9.99. The first-order valence-electron chi connectivity index (χ1n) is 15.5. The zero-order valence-corrected chi connectivity index (χ0v) is 24.9. The summed E-state index contributed by atoms with van der Waals surface area (Å²) in [6.45, 7) is 7.34. The molecule has 3 nitrogen and oxygen atoms in total. The summed E-state index contributed by atoms with van der Waals surface area (Å²) in [4.78, 5) is 3.57. The lowest BCUT2D eigenvalue weighted by Gasteiger charge is -2.10. The summed E-state index contributed by atoms with van der Waals surface area (Å²) in [5, 5.41) is 4.91. The average Bonchev–Trinajstić information content (AvgIpc) is 3.64. The van der Waals surface area contributed by atoms with Crippen molar-refractivity contribution in [2.75, 3.05) is 0 Å². The molecule has 0 N–H and O–H groups in total. The van der Waals surface area contributed by atoms with Gasteiger partial charge in [0, 0.05) is 32.9 Å². The van der Waals surface area contributed by atoms with Crippen LogP contribution in [-0.2, 0) is 0 Å². The third-order valence-electron chi connectivity index (χ3n) is 9.13. The minimum atomic E-state index is 0.651. The van der Waals surface area contributed by atoms with Gasteiger partial charge in [0.1, 0.15) is 0 Å². The van der Waals surface area contributed by atoms with Crippen LogP contribution in [0, 0.1) is 6.57 Å². The highest BCUT2D eigenvalue weighted by Gasteiger charge is 2.16. The van der Waals surface area contributed by atoms with Crippen LogP contribution in [0.5, 0.6) is 0 Å². The maximum absolute atomic E-state index is 7.34. The summed E-state index contributed by atoms with van der Waals surface area (Å²) in [7, 11) is 0. The summed E-state index contributed by atoms with van der Waals surface area (Å²) >= 11 is 0. The zero-order valence-electron chi connectivity index (χ0n) is 24.9. The first kappa shape index (κ1) is 26.1. The first-order chi connectivity index (χ1) is 22.8. The molecule has 9 aromatic rings. The molecule has 0 saturated heterocycles. The number of aromatic nitrogens is 2. The van der Waals surface area contributed by atoms with Gasteiger partial charge in [0.05, 0.1) is 28.6 Å². The summed E-state index contributed by atoms with van der Waals surface area (Å²) in [5.74, 6) is 0. The predicted molar refractivity (Wildman–Crippen MR) is 192 cm³/mol. The molecule has 46 heavy (non-hydrogen) atoms. The highest BCUT2D eigenvalue weighted by molar-refractivity contribution is 6.13. The standard InChI is InChI=1S/C43H27N3/c1-44-33-21-16-29(17-22-33)30-19-24-41-38(26-30)39-27-31(20-25-42(39)45(41)34-10-4-2-5-11-34)32-18-23-37-36-14-8-9-15-40(36)46(43(37)28-32)35-12-6-3-7-13-35/h2-28H. The third-order valence-corrected chi connectivity index (χ3v) is 9.13. The van der Waals surface area contributed by atoms with Crippen molar-refractivity contribution in [3.63, 3.8) is 0 Å². The summed E-state index contributed by atoms with van der Waals surface area (Å²) in [5.41, 5.74) is 12.3. The van der Waals surface area contributed by atoms with Gasteiger partial charge in [0.15, 0.2) is 5.69 Å². The van der Waals surface area contributed by atoms with E-state index >= 15 is 0 Å². The quantitative estimate of drug-likeness (QED) is 0.182. The van der Waals surface area contributed by atoms with Crippen molar-refractivity contribution in [1.82, 2.24) is 9.13 Å². The average molecular weight is 586 g/mol. The van der Waals surface area contributed by atoms with Crippen molar-refractivity contribution in [2.45, 2.75) is 0 Å². The maximum atomic E-state index is 7.34. The molecule has 0 radical (unpaired) electrons. The van der Waals surface area contributed by atoms with Gasteiger partial charge >= 0.3 is 0 Å². The van der Waals surface area contributed by atoms with E-state index in [9.17, 15) is 0 Å². The lowest BCUT2D eigenvalue weighted by molar-refractivity contribution is 1.18. The topological polar surface area (TPSA) is 14.2 Å². The monoisotopic (exact) mass is 585 g/mol. The van der Waals surface area contributed by atoms with Crippen LogP contribution in [0.25, 0.3) is 82.1 Å². The number of nitrogens with zero attached hydrogens (tertiary/aromatic N) is 3. The number of benzene rings is 7. The Bertz CT molecular complexity index is 2620. The van der Waals surface area contributed by atoms with Crippen molar-refractivity contribution in [1.29, 1.82) is 0 Å². The summed E-state index contributed by atoms with van der Waals surface area (Å²) in [6.07, 6.45) is 0. The molecule has 2 aromatic heterocycles. The van der Waals surface area contributed by atoms with E-state index in [-0.39, 0.29) is 0 Å². The van der Waals surface area contributed by atoms with Gasteiger partial charge in [-0.25, -0.2) is 4.85 Å².